The minimum Gasteiger partial charge on any atom is -0.379 e. The Balaban J connectivity index is 1.77. The number of morpholine rings is 1. The van der Waals surface area contributed by atoms with Crippen LogP contribution in [0.15, 0.2) is 18.2 Å². The first-order valence-electron chi connectivity index (χ1n) is 6.62. The minimum atomic E-state index is -0.539. The summed E-state index contributed by atoms with van der Waals surface area (Å²) in [7, 11) is 0. The monoisotopic (exact) mass is 270 g/mol. The van der Waals surface area contributed by atoms with E-state index in [1.54, 1.807) is 0 Å². The second-order valence-corrected chi connectivity index (χ2v) is 4.93. The third-order valence-corrected chi connectivity index (χ3v) is 3.29. The molecule has 1 aromatic rings. The van der Waals surface area contributed by atoms with E-state index >= 15 is 0 Å². The Labute approximate surface area is 112 Å². The molecule has 5 heteroatoms. The highest BCUT2D eigenvalue weighted by Crippen LogP contribution is 2.09. The van der Waals surface area contributed by atoms with Gasteiger partial charge in [-0.3, -0.25) is 4.90 Å². The van der Waals surface area contributed by atoms with E-state index in [1.165, 1.54) is 12.1 Å². The van der Waals surface area contributed by atoms with E-state index < -0.39 is 11.6 Å². The van der Waals surface area contributed by atoms with Gasteiger partial charge in [-0.05, 0) is 13.0 Å². The molecule has 0 amide bonds. The number of nitrogens with one attached hydrogen (secondary N) is 1. The van der Waals surface area contributed by atoms with Crippen molar-refractivity contribution in [2.45, 2.75) is 19.5 Å². The summed E-state index contributed by atoms with van der Waals surface area (Å²) in [6.07, 6.45) is 0. The van der Waals surface area contributed by atoms with Crippen LogP contribution in [0.4, 0.5) is 8.78 Å². The van der Waals surface area contributed by atoms with Crippen LogP contribution in [0.2, 0.25) is 0 Å². The fraction of sp³-hybridized carbons (Fsp3) is 0.571. The van der Waals surface area contributed by atoms with E-state index in [1.807, 2.05) is 0 Å². The lowest BCUT2D eigenvalue weighted by Crippen LogP contribution is -2.44. The zero-order valence-corrected chi connectivity index (χ0v) is 11.2. The van der Waals surface area contributed by atoms with Crippen molar-refractivity contribution in [3.05, 3.63) is 35.4 Å². The van der Waals surface area contributed by atoms with Gasteiger partial charge in [0.15, 0.2) is 0 Å². The smallest absolute Gasteiger partial charge is 0.130 e. The highest BCUT2D eigenvalue weighted by atomic mass is 19.1. The molecule has 3 nitrogen and oxygen atoms in total. The van der Waals surface area contributed by atoms with Gasteiger partial charge in [-0.2, -0.15) is 0 Å². The Morgan fingerprint density at radius 1 is 1.32 bits per heavy atom. The van der Waals surface area contributed by atoms with E-state index in [-0.39, 0.29) is 6.04 Å². The molecule has 106 valence electrons. The molecule has 0 saturated carbocycles. The Bertz CT molecular complexity index is 408. The minimum absolute atomic E-state index is 0.252. The molecule has 0 spiro atoms. The van der Waals surface area contributed by atoms with Gasteiger partial charge >= 0.3 is 0 Å². The van der Waals surface area contributed by atoms with E-state index in [4.69, 9.17) is 4.74 Å². The first kappa shape index (κ1) is 14.4. The van der Waals surface area contributed by atoms with Gasteiger partial charge in [0, 0.05) is 43.9 Å². The number of benzene rings is 1. The lowest BCUT2D eigenvalue weighted by molar-refractivity contribution is 0.0343. The summed E-state index contributed by atoms with van der Waals surface area (Å²) in [5, 5.41) is 3.26. The number of nitrogens with zero attached hydrogens (tertiary/aromatic N) is 1. The number of rotatable bonds is 5. The molecule has 0 aromatic heterocycles. The Morgan fingerprint density at radius 3 is 2.74 bits per heavy atom. The normalized spacial score (nSPS) is 18.5. The maximum absolute atomic E-state index is 13.5. The predicted octanol–water partition coefficient (Wildman–Crippen LogP) is 1.78. The lowest BCUT2D eigenvalue weighted by Gasteiger charge is -2.29. The molecule has 1 fully saturated rings. The quantitative estimate of drug-likeness (QED) is 0.882. The fourth-order valence-corrected chi connectivity index (χ4v) is 2.18. The molecule has 1 atom stereocenters. The lowest BCUT2D eigenvalue weighted by atomic mass is 10.2. The van der Waals surface area contributed by atoms with Gasteiger partial charge in [-0.15, -0.1) is 0 Å². The molecule has 1 aliphatic heterocycles. The molecule has 1 aliphatic rings. The van der Waals surface area contributed by atoms with Crippen LogP contribution >= 0.6 is 0 Å². The molecule has 1 unspecified atom stereocenters. The Hall–Kier alpha value is -1.04. The zero-order chi connectivity index (χ0) is 13.7. The molecule has 1 N–H and O–H groups in total. The second-order valence-electron chi connectivity index (χ2n) is 4.93. The van der Waals surface area contributed by atoms with Crippen molar-refractivity contribution in [2.75, 3.05) is 32.8 Å². The standard InChI is InChI=1S/C14H20F2N2O/c1-11(10-18-4-6-19-7-5-18)17-9-12-2-3-13(15)8-14(12)16/h2-3,8,11,17H,4-7,9-10H2,1H3. The molecule has 0 bridgehead atoms. The van der Waals surface area contributed by atoms with Crippen molar-refractivity contribution in [3.63, 3.8) is 0 Å². The summed E-state index contributed by atoms with van der Waals surface area (Å²) in [5.74, 6) is -1.03. The summed E-state index contributed by atoms with van der Waals surface area (Å²) in [5.41, 5.74) is 0.496. The number of hydrogen-bond acceptors (Lipinski definition) is 3. The topological polar surface area (TPSA) is 24.5 Å². The highest BCUT2D eigenvalue weighted by Gasteiger charge is 2.13. The first-order chi connectivity index (χ1) is 9.15. The number of halogens is 2. The molecule has 0 aliphatic carbocycles. The van der Waals surface area contributed by atoms with Crippen LogP contribution in [0, 0.1) is 11.6 Å². The Kier molecular flexibility index (Phi) is 5.24. The van der Waals surface area contributed by atoms with Crippen LogP contribution in [-0.4, -0.2) is 43.8 Å². The second kappa shape index (κ2) is 6.93. The summed E-state index contributed by atoms with van der Waals surface area (Å²) < 4.78 is 31.5. The highest BCUT2D eigenvalue weighted by molar-refractivity contribution is 5.18. The first-order valence-corrected chi connectivity index (χ1v) is 6.62. The molecule has 19 heavy (non-hydrogen) atoms. The van der Waals surface area contributed by atoms with Crippen LogP contribution in [0.5, 0.6) is 0 Å². The molecule has 1 aromatic carbocycles. The van der Waals surface area contributed by atoms with E-state index in [0.29, 0.717) is 12.1 Å². The molecule has 1 saturated heterocycles. The molecule has 0 radical (unpaired) electrons. The van der Waals surface area contributed by atoms with E-state index in [0.717, 1.165) is 38.9 Å². The van der Waals surface area contributed by atoms with Gasteiger partial charge in [-0.1, -0.05) is 6.07 Å². The SMILES string of the molecule is CC(CN1CCOCC1)NCc1ccc(F)cc1F. The third-order valence-electron chi connectivity index (χ3n) is 3.29. The fourth-order valence-electron chi connectivity index (χ4n) is 2.18. The summed E-state index contributed by atoms with van der Waals surface area (Å²) in [6, 6.07) is 3.94. The third kappa shape index (κ3) is 4.53. The van der Waals surface area contributed by atoms with Gasteiger partial charge in [0.05, 0.1) is 13.2 Å². The van der Waals surface area contributed by atoms with E-state index in [9.17, 15) is 8.78 Å². The number of hydrogen-bond donors (Lipinski definition) is 1. The molecular weight excluding hydrogens is 250 g/mol. The largest absolute Gasteiger partial charge is 0.379 e. The van der Waals surface area contributed by atoms with Gasteiger partial charge in [0.1, 0.15) is 11.6 Å². The van der Waals surface area contributed by atoms with Crippen molar-refractivity contribution >= 4 is 0 Å². The van der Waals surface area contributed by atoms with Gasteiger partial charge in [0.2, 0.25) is 0 Å². The number of ether oxygens (including phenoxy) is 1. The van der Waals surface area contributed by atoms with Crippen molar-refractivity contribution in [1.29, 1.82) is 0 Å². The summed E-state index contributed by atoms with van der Waals surface area (Å²) in [4.78, 5) is 2.32. The average Bonchev–Trinajstić information content (AvgIpc) is 2.39. The van der Waals surface area contributed by atoms with Crippen LogP contribution in [0.3, 0.4) is 0 Å². The van der Waals surface area contributed by atoms with Crippen molar-refractivity contribution in [2.24, 2.45) is 0 Å². The van der Waals surface area contributed by atoms with Crippen molar-refractivity contribution in [3.8, 4) is 0 Å². The maximum Gasteiger partial charge on any atom is 0.130 e. The van der Waals surface area contributed by atoms with Gasteiger partial charge in [0.25, 0.3) is 0 Å². The maximum atomic E-state index is 13.5. The van der Waals surface area contributed by atoms with Crippen LogP contribution in [0.25, 0.3) is 0 Å². The zero-order valence-electron chi connectivity index (χ0n) is 11.2. The predicted molar refractivity (Wildman–Crippen MR) is 69.9 cm³/mol. The van der Waals surface area contributed by atoms with Crippen LogP contribution in [-0.2, 0) is 11.3 Å². The molecular formula is C14H20F2N2O. The molecule has 1 heterocycles. The van der Waals surface area contributed by atoms with Gasteiger partial charge in [-0.25, -0.2) is 8.78 Å². The van der Waals surface area contributed by atoms with Crippen molar-refractivity contribution < 1.29 is 13.5 Å². The summed E-state index contributed by atoms with van der Waals surface area (Å²) in [6.45, 7) is 6.83. The Morgan fingerprint density at radius 2 is 2.05 bits per heavy atom. The summed E-state index contributed by atoms with van der Waals surface area (Å²) >= 11 is 0. The van der Waals surface area contributed by atoms with Crippen molar-refractivity contribution in [1.82, 2.24) is 10.2 Å². The average molecular weight is 270 g/mol. The van der Waals surface area contributed by atoms with Gasteiger partial charge < -0.3 is 10.1 Å². The van der Waals surface area contributed by atoms with E-state index in [2.05, 4.69) is 17.1 Å². The van der Waals surface area contributed by atoms with Crippen LogP contribution < -0.4 is 5.32 Å². The van der Waals surface area contributed by atoms with Crippen LogP contribution in [0.1, 0.15) is 12.5 Å². The molecule has 2 rings (SSSR count).